The van der Waals surface area contributed by atoms with E-state index < -0.39 is 0 Å². The van der Waals surface area contributed by atoms with Gasteiger partial charge in [-0.15, -0.1) is 5.10 Å². The van der Waals surface area contributed by atoms with Gasteiger partial charge in [-0.25, -0.2) is 9.67 Å². The van der Waals surface area contributed by atoms with Gasteiger partial charge in [-0.3, -0.25) is 9.59 Å². The molecule has 0 N–H and O–H groups in total. The fraction of sp³-hybridized carbons (Fsp3) is 0.0833. The molecule has 0 aliphatic rings. The molecule has 0 aliphatic heterocycles. The highest BCUT2D eigenvalue weighted by Crippen LogP contribution is 2.23. The van der Waals surface area contributed by atoms with Gasteiger partial charge in [0.05, 0.1) is 5.75 Å². The second kappa shape index (κ2) is 10.4. The molecule has 0 fully saturated rings. The first-order valence-electron chi connectivity index (χ1n) is 9.70. The first-order chi connectivity index (χ1) is 15.5. The van der Waals surface area contributed by atoms with Crippen LogP contribution in [0.1, 0.15) is 20.7 Å². The number of thioether (sulfide) groups is 1. The zero-order chi connectivity index (χ0) is 22.5. The largest absolute Gasteiger partial charge is 0.293 e. The van der Waals surface area contributed by atoms with Crippen molar-refractivity contribution in [2.24, 2.45) is 0 Å². The second-order valence-electron chi connectivity index (χ2n) is 6.89. The maximum absolute atomic E-state index is 12.8. The lowest BCUT2D eigenvalue weighted by molar-refractivity contribution is 0.0963. The minimum Gasteiger partial charge on any atom is -0.293 e. The zero-order valence-electron chi connectivity index (χ0n) is 16.7. The lowest BCUT2D eigenvalue weighted by Gasteiger charge is -2.06. The van der Waals surface area contributed by atoms with Crippen molar-refractivity contribution in [1.29, 1.82) is 0 Å². The summed E-state index contributed by atoms with van der Waals surface area (Å²) < 4.78 is 3.40. The molecule has 5 nitrogen and oxygen atoms in total. The van der Waals surface area contributed by atoms with Crippen molar-refractivity contribution in [3.05, 3.63) is 98.9 Å². The summed E-state index contributed by atoms with van der Waals surface area (Å²) in [6, 6.07) is 24.0. The Morgan fingerprint density at radius 1 is 0.781 bits per heavy atom. The molecule has 4 rings (SSSR count). The molecule has 0 amide bonds. The van der Waals surface area contributed by atoms with Crippen LogP contribution in [0.3, 0.4) is 0 Å². The van der Waals surface area contributed by atoms with Crippen molar-refractivity contribution in [3.8, 4) is 11.4 Å². The maximum Gasteiger partial charge on any atom is 0.187 e. The fourth-order valence-electron chi connectivity index (χ4n) is 2.96. The van der Waals surface area contributed by atoms with Crippen molar-refractivity contribution in [2.75, 3.05) is 5.75 Å². The lowest BCUT2D eigenvalue weighted by atomic mass is 10.1. The monoisotopic (exact) mass is 569 g/mol. The third-order valence-electron chi connectivity index (χ3n) is 4.63. The first kappa shape index (κ1) is 22.6. The van der Waals surface area contributed by atoms with Crippen LogP contribution in [0.25, 0.3) is 11.4 Å². The summed E-state index contributed by atoms with van der Waals surface area (Å²) in [7, 11) is 0. The molecule has 0 saturated heterocycles. The molecule has 8 heteroatoms. The Balaban J connectivity index is 1.57. The van der Waals surface area contributed by atoms with Crippen LogP contribution in [0.5, 0.6) is 0 Å². The lowest BCUT2D eigenvalue weighted by Crippen LogP contribution is -2.13. The molecule has 4 aromatic rings. The number of rotatable bonds is 8. The van der Waals surface area contributed by atoms with Crippen molar-refractivity contribution < 1.29 is 9.59 Å². The molecular formula is C24H17Br2N3O2S. The Bertz CT molecular complexity index is 1240. The van der Waals surface area contributed by atoms with E-state index in [1.165, 1.54) is 11.8 Å². The van der Waals surface area contributed by atoms with E-state index in [9.17, 15) is 9.59 Å². The van der Waals surface area contributed by atoms with E-state index in [2.05, 4.69) is 41.9 Å². The van der Waals surface area contributed by atoms with Gasteiger partial charge < -0.3 is 0 Å². The SMILES string of the molecule is O=C(CSc1nc(-c2ccccc2)nn1CC(=O)c1ccc(Br)cc1)c1ccc(Br)cc1. The maximum atomic E-state index is 12.8. The van der Waals surface area contributed by atoms with Crippen LogP contribution in [0.15, 0.2) is 93.0 Å². The summed E-state index contributed by atoms with van der Waals surface area (Å²) in [4.78, 5) is 30.1. The van der Waals surface area contributed by atoms with Crippen molar-refractivity contribution in [1.82, 2.24) is 14.8 Å². The van der Waals surface area contributed by atoms with Crippen LogP contribution in [0.2, 0.25) is 0 Å². The van der Waals surface area contributed by atoms with Crippen LogP contribution in [0.4, 0.5) is 0 Å². The number of hydrogen-bond acceptors (Lipinski definition) is 5. The van der Waals surface area contributed by atoms with Gasteiger partial charge in [0.15, 0.2) is 22.5 Å². The molecule has 0 saturated carbocycles. The number of aromatic nitrogens is 3. The topological polar surface area (TPSA) is 64.8 Å². The molecule has 0 unspecified atom stereocenters. The summed E-state index contributed by atoms with van der Waals surface area (Å²) in [5.74, 6) is 0.620. The van der Waals surface area contributed by atoms with E-state index in [0.29, 0.717) is 22.1 Å². The predicted molar refractivity (Wildman–Crippen MR) is 133 cm³/mol. The number of Topliss-reactive ketones (excluding diaryl/α,β-unsaturated/α-hetero) is 2. The zero-order valence-corrected chi connectivity index (χ0v) is 20.7. The van der Waals surface area contributed by atoms with Crippen LogP contribution in [-0.2, 0) is 6.54 Å². The normalized spacial score (nSPS) is 10.8. The molecule has 1 aromatic heterocycles. The molecule has 1 heterocycles. The van der Waals surface area contributed by atoms with Gasteiger partial charge in [0.25, 0.3) is 0 Å². The predicted octanol–water partition coefficient (Wildman–Crippen LogP) is 6.33. The van der Waals surface area contributed by atoms with E-state index in [0.717, 1.165) is 14.5 Å². The summed E-state index contributed by atoms with van der Waals surface area (Å²) in [6.45, 7) is 0.0380. The highest BCUT2D eigenvalue weighted by Gasteiger charge is 2.17. The van der Waals surface area contributed by atoms with Crippen molar-refractivity contribution >= 4 is 55.2 Å². The van der Waals surface area contributed by atoms with Crippen molar-refractivity contribution in [2.45, 2.75) is 11.7 Å². The number of ketones is 2. The summed E-state index contributed by atoms with van der Waals surface area (Å²) in [6.07, 6.45) is 0. The Hall–Kier alpha value is -2.55. The first-order valence-corrected chi connectivity index (χ1v) is 12.3. The Morgan fingerprint density at radius 3 is 1.94 bits per heavy atom. The molecule has 0 radical (unpaired) electrons. The van der Waals surface area contributed by atoms with E-state index in [1.807, 2.05) is 54.6 Å². The Kier molecular flexibility index (Phi) is 7.34. The molecule has 0 bridgehead atoms. The van der Waals surface area contributed by atoms with Gasteiger partial charge in [0, 0.05) is 25.6 Å². The van der Waals surface area contributed by atoms with Gasteiger partial charge in [-0.2, -0.15) is 0 Å². The molecule has 0 spiro atoms. The molecule has 32 heavy (non-hydrogen) atoms. The van der Waals surface area contributed by atoms with E-state index >= 15 is 0 Å². The summed E-state index contributed by atoms with van der Waals surface area (Å²) in [5, 5.41) is 5.09. The fourth-order valence-corrected chi connectivity index (χ4v) is 4.32. The third-order valence-corrected chi connectivity index (χ3v) is 6.65. The minimum absolute atomic E-state index is 0.0162. The molecule has 3 aromatic carbocycles. The quantitative estimate of drug-likeness (QED) is 0.183. The van der Waals surface area contributed by atoms with Crippen LogP contribution in [-0.4, -0.2) is 32.1 Å². The van der Waals surface area contributed by atoms with E-state index in [-0.39, 0.29) is 23.9 Å². The molecule has 160 valence electrons. The summed E-state index contributed by atoms with van der Waals surface area (Å²) >= 11 is 8.04. The van der Waals surface area contributed by atoms with Gasteiger partial charge in [0.2, 0.25) is 0 Å². The molecule has 0 atom stereocenters. The Morgan fingerprint density at radius 2 is 1.34 bits per heavy atom. The van der Waals surface area contributed by atoms with Gasteiger partial charge in [-0.05, 0) is 24.3 Å². The average molecular weight is 571 g/mol. The number of carbonyl (C=O) groups is 2. The van der Waals surface area contributed by atoms with Gasteiger partial charge >= 0.3 is 0 Å². The number of benzene rings is 3. The average Bonchev–Trinajstić information content (AvgIpc) is 3.21. The summed E-state index contributed by atoms with van der Waals surface area (Å²) in [5.41, 5.74) is 2.07. The second-order valence-corrected chi connectivity index (χ2v) is 9.66. The van der Waals surface area contributed by atoms with Crippen LogP contribution < -0.4 is 0 Å². The van der Waals surface area contributed by atoms with Crippen LogP contribution in [0, 0.1) is 0 Å². The standard InChI is InChI=1S/C24H17Br2N3O2S/c25-19-10-6-16(7-11-19)21(30)14-29-24(27-23(28-29)18-4-2-1-3-5-18)32-15-22(31)17-8-12-20(26)13-9-17/h1-13H,14-15H2. The highest BCUT2D eigenvalue weighted by molar-refractivity contribution is 9.10. The number of halogens is 2. The van der Waals surface area contributed by atoms with Gasteiger partial charge in [-0.1, -0.05) is 98.2 Å². The number of nitrogens with zero attached hydrogens (tertiary/aromatic N) is 3. The minimum atomic E-state index is -0.0805. The number of carbonyl (C=O) groups excluding carboxylic acids is 2. The Labute approximate surface area is 206 Å². The van der Waals surface area contributed by atoms with Crippen molar-refractivity contribution in [3.63, 3.8) is 0 Å². The molecular weight excluding hydrogens is 554 g/mol. The highest BCUT2D eigenvalue weighted by atomic mass is 79.9. The third kappa shape index (κ3) is 5.62. The van der Waals surface area contributed by atoms with E-state index in [4.69, 9.17) is 0 Å². The smallest absolute Gasteiger partial charge is 0.187 e. The van der Waals surface area contributed by atoms with Crippen LogP contribution >= 0.6 is 43.6 Å². The van der Waals surface area contributed by atoms with E-state index in [1.54, 1.807) is 28.9 Å². The molecule has 0 aliphatic carbocycles. The number of hydrogen-bond donors (Lipinski definition) is 0. The van der Waals surface area contributed by atoms with Gasteiger partial charge in [0.1, 0.15) is 6.54 Å².